The van der Waals surface area contributed by atoms with Crippen LogP contribution < -0.4 is 5.46 Å². The third-order valence-electron chi connectivity index (χ3n) is 2.97. The minimum Gasteiger partial charge on any atom is -0.423 e. The summed E-state index contributed by atoms with van der Waals surface area (Å²) in [5.74, 6) is 0.473. The lowest BCUT2D eigenvalue weighted by atomic mass is 9.77. The van der Waals surface area contributed by atoms with Gasteiger partial charge in [-0.3, -0.25) is 0 Å². The van der Waals surface area contributed by atoms with Crippen molar-refractivity contribution in [2.75, 3.05) is 19.8 Å². The fourth-order valence-electron chi connectivity index (χ4n) is 1.97. The first-order valence-corrected chi connectivity index (χ1v) is 5.87. The molecular formula is C12H17BO4. The summed E-state index contributed by atoms with van der Waals surface area (Å²) in [6.45, 7) is 2.66. The van der Waals surface area contributed by atoms with Crippen LogP contribution in [-0.2, 0) is 16.1 Å². The molecule has 1 saturated heterocycles. The van der Waals surface area contributed by atoms with Gasteiger partial charge >= 0.3 is 7.12 Å². The van der Waals surface area contributed by atoms with Gasteiger partial charge in [0.05, 0.1) is 19.8 Å². The van der Waals surface area contributed by atoms with Crippen LogP contribution >= 0.6 is 0 Å². The molecule has 0 aromatic heterocycles. The van der Waals surface area contributed by atoms with E-state index in [1.165, 1.54) is 0 Å². The van der Waals surface area contributed by atoms with Crippen molar-refractivity contribution < 1.29 is 19.5 Å². The van der Waals surface area contributed by atoms with Gasteiger partial charge in [-0.2, -0.15) is 0 Å². The number of rotatable bonds is 5. The fraction of sp³-hybridized carbons (Fsp3) is 0.500. The van der Waals surface area contributed by atoms with Crippen LogP contribution in [0.4, 0.5) is 0 Å². The molecule has 1 aromatic rings. The zero-order valence-corrected chi connectivity index (χ0v) is 9.71. The molecule has 1 heterocycles. The maximum absolute atomic E-state index is 9.20. The Hall–Kier alpha value is -0.875. The summed E-state index contributed by atoms with van der Waals surface area (Å²) in [4.78, 5) is 0. The Bertz CT molecular complexity index is 350. The van der Waals surface area contributed by atoms with Crippen LogP contribution in [0.1, 0.15) is 12.0 Å². The largest absolute Gasteiger partial charge is 0.488 e. The first-order valence-electron chi connectivity index (χ1n) is 5.87. The van der Waals surface area contributed by atoms with Crippen LogP contribution in [0.2, 0.25) is 0 Å². The molecule has 1 fully saturated rings. The van der Waals surface area contributed by atoms with Crippen LogP contribution in [-0.4, -0.2) is 37.0 Å². The molecular weight excluding hydrogens is 219 g/mol. The Morgan fingerprint density at radius 2 is 2.18 bits per heavy atom. The van der Waals surface area contributed by atoms with Crippen molar-refractivity contribution in [3.05, 3.63) is 29.8 Å². The van der Waals surface area contributed by atoms with Crippen molar-refractivity contribution in [2.24, 2.45) is 5.92 Å². The molecule has 0 saturated carbocycles. The molecule has 0 radical (unpaired) electrons. The number of ether oxygens (including phenoxy) is 2. The van der Waals surface area contributed by atoms with E-state index in [-0.39, 0.29) is 0 Å². The molecule has 1 atom stereocenters. The molecule has 0 bridgehead atoms. The first-order chi connectivity index (χ1) is 8.27. The van der Waals surface area contributed by atoms with E-state index >= 15 is 0 Å². The zero-order chi connectivity index (χ0) is 12.1. The second kappa shape index (κ2) is 6.16. The Morgan fingerprint density at radius 3 is 2.88 bits per heavy atom. The summed E-state index contributed by atoms with van der Waals surface area (Å²) in [6.07, 6.45) is 1.05. The van der Waals surface area contributed by atoms with Crippen LogP contribution in [0.15, 0.2) is 24.3 Å². The summed E-state index contributed by atoms with van der Waals surface area (Å²) < 4.78 is 10.9. The molecule has 0 spiro atoms. The van der Waals surface area contributed by atoms with Crippen LogP contribution in [0.25, 0.3) is 0 Å². The second-order valence-corrected chi connectivity index (χ2v) is 4.32. The highest BCUT2D eigenvalue weighted by molar-refractivity contribution is 6.59. The van der Waals surface area contributed by atoms with Gasteiger partial charge in [0.2, 0.25) is 0 Å². The molecule has 1 aromatic carbocycles. The lowest BCUT2D eigenvalue weighted by Gasteiger charge is -2.11. The van der Waals surface area contributed by atoms with Crippen molar-refractivity contribution in [1.29, 1.82) is 0 Å². The van der Waals surface area contributed by atoms with E-state index in [0.717, 1.165) is 25.2 Å². The van der Waals surface area contributed by atoms with Gasteiger partial charge in [0, 0.05) is 12.5 Å². The van der Waals surface area contributed by atoms with Gasteiger partial charge in [-0.1, -0.05) is 24.3 Å². The van der Waals surface area contributed by atoms with Crippen LogP contribution in [0.5, 0.6) is 0 Å². The predicted octanol–water partition coefficient (Wildman–Crippen LogP) is -0.0805. The molecule has 92 valence electrons. The van der Waals surface area contributed by atoms with Gasteiger partial charge in [-0.15, -0.1) is 0 Å². The minimum atomic E-state index is -1.44. The highest BCUT2D eigenvalue weighted by Crippen LogP contribution is 2.13. The highest BCUT2D eigenvalue weighted by Gasteiger charge is 2.17. The van der Waals surface area contributed by atoms with E-state index in [0.29, 0.717) is 24.6 Å². The molecule has 17 heavy (non-hydrogen) atoms. The minimum absolute atomic E-state index is 0.407. The van der Waals surface area contributed by atoms with E-state index in [1.54, 1.807) is 12.1 Å². The van der Waals surface area contributed by atoms with Crippen molar-refractivity contribution in [1.82, 2.24) is 0 Å². The lowest BCUT2D eigenvalue weighted by molar-refractivity contribution is 0.0794. The Labute approximate surface area is 101 Å². The summed E-state index contributed by atoms with van der Waals surface area (Å²) in [6, 6.07) is 7.19. The maximum Gasteiger partial charge on any atom is 0.488 e. The van der Waals surface area contributed by atoms with Gasteiger partial charge in [0.25, 0.3) is 0 Å². The van der Waals surface area contributed by atoms with Gasteiger partial charge in [0.1, 0.15) is 0 Å². The van der Waals surface area contributed by atoms with Crippen LogP contribution in [0, 0.1) is 5.92 Å². The zero-order valence-electron chi connectivity index (χ0n) is 9.71. The van der Waals surface area contributed by atoms with Crippen molar-refractivity contribution >= 4 is 12.6 Å². The standard InChI is InChI=1S/C12H17BO4/c14-13(15)12-4-2-1-3-11(12)9-17-8-10-5-6-16-7-10/h1-4,10,14-15H,5-9H2. The smallest absolute Gasteiger partial charge is 0.423 e. The van der Waals surface area contributed by atoms with Crippen molar-refractivity contribution in [2.45, 2.75) is 13.0 Å². The molecule has 1 unspecified atom stereocenters. The van der Waals surface area contributed by atoms with E-state index in [9.17, 15) is 10.0 Å². The topological polar surface area (TPSA) is 58.9 Å². The van der Waals surface area contributed by atoms with E-state index in [2.05, 4.69) is 0 Å². The Balaban J connectivity index is 1.85. The molecule has 2 N–H and O–H groups in total. The number of hydrogen-bond donors (Lipinski definition) is 2. The summed E-state index contributed by atoms with van der Waals surface area (Å²) in [5.41, 5.74) is 1.33. The monoisotopic (exact) mass is 236 g/mol. The number of benzene rings is 1. The second-order valence-electron chi connectivity index (χ2n) is 4.32. The third-order valence-corrected chi connectivity index (χ3v) is 2.97. The average Bonchev–Trinajstić information content (AvgIpc) is 2.82. The molecule has 0 aliphatic carbocycles. The van der Waals surface area contributed by atoms with Crippen molar-refractivity contribution in [3.8, 4) is 0 Å². The highest BCUT2D eigenvalue weighted by atomic mass is 16.5. The van der Waals surface area contributed by atoms with Gasteiger partial charge in [0.15, 0.2) is 0 Å². The number of hydrogen-bond acceptors (Lipinski definition) is 4. The molecule has 0 amide bonds. The normalized spacial score (nSPS) is 19.5. The maximum atomic E-state index is 9.20. The van der Waals surface area contributed by atoms with Crippen molar-refractivity contribution in [3.63, 3.8) is 0 Å². The molecule has 1 aliphatic rings. The van der Waals surface area contributed by atoms with Gasteiger partial charge in [-0.25, -0.2) is 0 Å². The third kappa shape index (κ3) is 3.54. The first kappa shape index (κ1) is 12.6. The fourth-order valence-corrected chi connectivity index (χ4v) is 1.97. The summed E-state index contributed by atoms with van der Waals surface area (Å²) in [5, 5.41) is 18.4. The molecule has 5 heteroatoms. The Kier molecular flexibility index (Phi) is 4.56. The lowest BCUT2D eigenvalue weighted by Crippen LogP contribution is -2.33. The SMILES string of the molecule is OB(O)c1ccccc1COCC1CCOC1. The predicted molar refractivity (Wildman–Crippen MR) is 64.8 cm³/mol. The van der Waals surface area contributed by atoms with Crippen LogP contribution in [0.3, 0.4) is 0 Å². The Morgan fingerprint density at radius 1 is 1.35 bits per heavy atom. The average molecular weight is 236 g/mol. The van der Waals surface area contributed by atoms with Gasteiger partial charge < -0.3 is 19.5 Å². The van der Waals surface area contributed by atoms with E-state index < -0.39 is 7.12 Å². The summed E-state index contributed by atoms with van der Waals surface area (Å²) >= 11 is 0. The molecule has 1 aliphatic heterocycles. The summed E-state index contributed by atoms with van der Waals surface area (Å²) in [7, 11) is -1.44. The molecule has 2 rings (SSSR count). The van der Waals surface area contributed by atoms with Gasteiger partial charge in [-0.05, 0) is 17.4 Å². The quantitative estimate of drug-likeness (QED) is 0.702. The van der Waals surface area contributed by atoms with E-state index in [4.69, 9.17) is 9.47 Å². The molecule has 4 nitrogen and oxygen atoms in total. The van der Waals surface area contributed by atoms with E-state index in [1.807, 2.05) is 12.1 Å².